The molecule has 0 spiro atoms. The van der Waals surface area contributed by atoms with Crippen molar-refractivity contribution in [2.75, 3.05) is 32.8 Å². The van der Waals surface area contributed by atoms with Crippen LogP contribution in [0.4, 0.5) is 13.2 Å². The fourth-order valence-corrected chi connectivity index (χ4v) is 2.47. The summed E-state index contributed by atoms with van der Waals surface area (Å²) in [6.07, 6.45) is -4.61. The van der Waals surface area contributed by atoms with Crippen LogP contribution in [0, 0.1) is 11.3 Å². The number of ether oxygens (including phenoxy) is 1. The zero-order valence-electron chi connectivity index (χ0n) is 10.2. The van der Waals surface area contributed by atoms with Gasteiger partial charge in [0, 0.05) is 19.6 Å². The number of hydrogen-bond donors (Lipinski definition) is 0. The van der Waals surface area contributed by atoms with Crippen molar-refractivity contribution < 1.29 is 22.7 Å². The summed E-state index contributed by atoms with van der Waals surface area (Å²) in [5, 5.41) is 8.78. The SMILES string of the molecule is N#C[C@@H]1CN([C@H]2CCN(CC(F)(F)F)C2=O)CCO1. The smallest absolute Gasteiger partial charge is 0.361 e. The van der Waals surface area contributed by atoms with E-state index in [0.717, 1.165) is 4.90 Å². The lowest BCUT2D eigenvalue weighted by molar-refractivity contribution is -0.159. The second-order valence-electron chi connectivity index (χ2n) is 4.66. The third-order valence-electron chi connectivity index (χ3n) is 3.32. The van der Waals surface area contributed by atoms with Gasteiger partial charge < -0.3 is 9.64 Å². The molecule has 0 N–H and O–H groups in total. The minimum absolute atomic E-state index is 0.109. The summed E-state index contributed by atoms with van der Waals surface area (Å²) in [6.45, 7) is -0.0333. The average molecular weight is 277 g/mol. The van der Waals surface area contributed by atoms with Gasteiger partial charge >= 0.3 is 6.18 Å². The molecule has 0 aromatic heterocycles. The lowest BCUT2D eigenvalue weighted by atomic mass is 10.1. The molecule has 0 aromatic rings. The second kappa shape index (κ2) is 5.35. The van der Waals surface area contributed by atoms with Crippen molar-refractivity contribution in [1.82, 2.24) is 9.80 Å². The first-order chi connectivity index (χ1) is 8.90. The summed E-state index contributed by atoms with van der Waals surface area (Å²) in [4.78, 5) is 14.5. The summed E-state index contributed by atoms with van der Waals surface area (Å²) < 4.78 is 42.0. The number of carbonyl (C=O) groups excluding carboxylic acids is 1. The molecular formula is C11H14F3N3O2. The first kappa shape index (κ1) is 14.1. The van der Waals surface area contributed by atoms with E-state index in [2.05, 4.69) is 0 Å². The van der Waals surface area contributed by atoms with Crippen LogP contribution in [0.2, 0.25) is 0 Å². The largest absolute Gasteiger partial charge is 0.406 e. The van der Waals surface area contributed by atoms with Crippen LogP contribution in [0.25, 0.3) is 0 Å². The van der Waals surface area contributed by atoms with Crippen molar-refractivity contribution in [2.24, 2.45) is 0 Å². The van der Waals surface area contributed by atoms with Gasteiger partial charge in [0.15, 0.2) is 6.10 Å². The number of halogens is 3. The number of nitrogens with zero attached hydrogens (tertiary/aromatic N) is 3. The van der Waals surface area contributed by atoms with Crippen molar-refractivity contribution in [1.29, 1.82) is 5.26 Å². The van der Waals surface area contributed by atoms with Crippen LogP contribution in [0.3, 0.4) is 0 Å². The van der Waals surface area contributed by atoms with Gasteiger partial charge in [-0.25, -0.2) is 0 Å². The van der Waals surface area contributed by atoms with Crippen molar-refractivity contribution in [3.63, 3.8) is 0 Å². The predicted octanol–water partition coefficient (Wildman–Crippen LogP) is 0.374. The standard InChI is InChI=1S/C11H14F3N3O2/c12-11(13,14)7-17-2-1-9(10(17)18)16-3-4-19-8(5-15)6-16/h8-9H,1-4,6-7H2/t8-,9+/m1/s1. The molecule has 2 aliphatic heterocycles. The monoisotopic (exact) mass is 277 g/mol. The fourth-order valence-electron chi connectivity index (χ4n) is 2.47. The van der Waals surface area contributed by atoms with E-state index < -0.39 is 30.8 Å². The summed E-state index contributed by atoms with van der Waals surface area (Å²) in [7, 11) is 0. The van der Waals surface area contributed by atoms with E-state index in [1.54, 1.807) is 4.90 Å². The third kappa shape index (κ3) is 3.36. The fraction of sp³-hybridized carbons (Fsp3) is 0.818. The predicted molar refractivity (Wildman–Crippen MR) is 58.0 cm³/mol. The molecule has 1 amide bonds. The maximum absolute atomic E-state index is 12.3. The summed E-state index contributed by atoms with van der Waals surface area (Å²) in [5.74, 6) is -0.504. The van der Waals surface area contributed by atoms with E-state index in [1.165, 1.54) is 0 Å². The molecule has 2 aliphatic rings. The second-order valence-corrected chi connectivity index (χ2v) is 4.66. The normalized spacial score (nSPS) is 29.6. The van der Waals surface area contributed by atoms with Crippen molar-refractivity contribution >= 4 is 5.91 Å². The molecule has 0 radical (unpaired) electrons. The Morgan fingerprint density at radius 2 is 2.16 bits per heavy atom. The highest BCUT2D eigenvalue weighted by Crippen LogP contribution is 2.24. The molecule has 0 unspecified atom stereocenters. The Morgan fingerprint density at radius 3 is 2.79 bits per heavy atom. The quantitative estimate of drug-likeness (QED) is 0.732. The number of alkyl halides is 3. The van der Waals surface area contributed by atoms with Crippen molar-refractivity contribution in [2.45, 2.75) is 24.7 Å². The van der Waals surface area contributed by atoms with Crippen LogP contribution >= 0.6 is 0 Å². The van der Waals surface area contributed by atoms with E-state index in [4.69, 9.17) is 10.00 Å². The van der Waals surface area contributed by atoms with Crippen LogP contribution in [-0.4, -0.2) is 66.8 Å². The van der Waals surface area contributed by atoms with Gasteiger partial charge in [0.2, 0.25) is 5.91 Å². The van der Waals surface area contributed by atoms with Gasteiger partial charge in [-0.3, -0.25) is 9.69 Å². The molecule has 5 nitrogen and oxygen atoms in total. The number of nitriles is 1. The molecule has 0 aliphatic carbocycles. The van der Waals surface area contributed by atoms with E-state index >= 15 is 0 Å². The summed E-state index contributed by atoms with van der Waals surface area (Å²) in [6, 6.07) is 1.40. The van der Waals surface area contributed by atoms with Gasteiger partial charge in [0.1, 0.15) is 6.54 Å². The molecular weight excluding hydrogens is 263 g/mol. The number of carbonyl (C=O) groups is 1. The van der Waals surface area contributed by atoms with Gasteiger partial charge in [-0.2, -0.15) is 18.4 Å². The van der Waals surface area contributed by atoms with Crippen LogP contribution in [0.15, 0.2) is 0 Å². The number of rotatable bonds is 2. The minimum Gasteiger partial charge on any atom is -0.361 e. The topological polar surface area (TPSA) is 56.6 Å². The van der Waals surface area contributed by atoms with Gasteiger partial charge in [0.25, 0.3) is 0 Å². The van der Waals surface area contributed by atoms with E-state index in [0.29, 0.717) is 19.6 Å². The number of amides is 1. The maximum Gasteiger partial charge on any atom is 0.406 e. The molecule has 2 saturated heterocycles. The van der Waals surface area contributed by atoms with Gasteiger partial charge in [-0.05, 0) is 6.42 Å². The van der Waals surface area contributed by atoms with Crippen molar-refractivity contribution in [3.8, 4) is 6.07 Å². The number of hydrogen-bond acceptors (Lipinski definition) is 4. The van der Waals surface area contributed by atoms with Gasteiger partial charge in [-0.15, -0.1) is 0 Å². The number of morpholine rings is 1. The van der Waals surface area contributed by atoms with Gasteiger partial charge in [-0.1, -0.05) is 0 Å². The Hall–Kier alpha value is -1.33. The maximum atomic E-state index is 12.3. The molecule has 2 heterocycles. The molecule has 0 aromatic carbocycles. The summed E-state index contributed by atoms with van der Waals surface area (Å²) in [5.41, 5.74) is 0. The molecule has 0 bridgehead atoms. The molecule has 0 saturated carbocycles. The minimum atomic E-state index is -4.37. The van der Waals surface area contributed by atoms with Gasteiger partial charge in [0.05, 0.1) is 18.7 Å². The zero-order valence-corrected chi connectivity index (χ0v) is 10.2. The Bertz CT molecular complexity index is 394. The third-order valence-corrected chi connectivity index (χ3v) is 3.32. The molecule has 2 atom stereocenters. The lowest BCUT2D eigenvalue weighted by Gasteiger charge is -2.33. The van der Waals surface area contributed by atoms with Crippen LogP contribution < -0.4 is 0 Å². The molecule has 106 valence electrons. The number of likely N-dealkylation sites (tertiary alicyclic amines) is 1. The summed E-state index contributed by atoms with van der Waals surface area (Å²) >= 11 is 0. The molecule has 19 heavy (non-hydrogen) atoms. The molecule has 2 fully saturated rings. The van der Waals surface area contributed by atoms with E-state index in [-0.39, 0.29) is 13.1 Å². The van der Waals surface area contributed by atoms with Crippen LogP contribution in [0.1, 0.15) is 6.42 Å². The van der Waals surface area contributed by atoms with E-state index in [9.17, 15) is 18.0 Å². The highest BCUT2D eigenvalue weighted by atomic mass is 19.4. The molecule has 8 heteroatoms. The Morgan fingerprint density at radius 1 is 1.42 bits per heavy atom. The first-order valence-electron chi connectivity index (χ1n) is 6.01. The Balaban J connectivity index is 1.96. The van der Waals surface area contributed by atoms with Crippen molar-refractivity contribution in [3.05, 3.63) is 0 Å². The molecule has 2 rings (SSSR count). The zero-order chi connectivity index (χ0) is 14.0. The van der Waals surface area contributed by atoms with Crippen LogP contribution in [0.5, 0.6) is 0 Å². The Kier molecular flexibility index (Phi) is 3.96. The van der Waals surface area contributed by atoms with Crippen LogP contribution in [-0.2, 0) is 9.53 Å². The van der Waals surface area contributed by atoms with E-state index in [1.807, 2.05) is 6.07 Å². The lowest BCUT2D eigenvalue weighted by Crippen LogP contribution is -2.50. The first-order valence-corrected chi connectivity index (χ1v) is 6.01. The Labute approximate surface area is 108 Å². The highest BCUT2D eigenvalue weighted by molar-refractivity contribution is 5.84. The highest BCUT2D eigenvalue weighted by Gasteiger charge is 2.42. The average Bonchev–Trinajstić information content (AvgIpc) is 2.69.